The number of aromatic nitrogens is 1. The molecule has 28 heavy (non-hydrogen) atoms. The van der Waals surface area contributed by atoms with Crippen molar-refractivity contribution in [3.63, 3.8) is 0 Å². The molecule has 0 fully saturated rings. The van der Waals surface area contributed by atoms with Gasteiger partial charge in [-0.15, -0.1) is 0 Å². The van der Waals surface area contributed by atoms with E-state index in [1.807, 2.05) is 20.8 Å². The summed E-state index contributed by atoms with van der Waals surface area (Å²) in [6.07, 6.45) is 0.875. The van der Waals surface area contributed by atoms with Crippen molar-refractivity contribution in [1.82, 2.24) is 9.29 Å². The van der Waals surface area contributed by atoms with E-state index in [2.05, 4.69) is 5.32 Å². The predicted octanol–water partition coefficient (Wildman–Crippen LogP) is 2.92. The van der Waals surface area contributed by atoms with Crippen LogP contribution in [0.25, 0.3) is 10.9 Å². The summed E-state index contributed by atoms with van der Waals surface area (Å²) in [6, 6.07) is 14.0. The van der Waals surface area contributed by atoms with Gasteiger partial charge in [0.25, 0.3) is 10.0 Å². The first-order chi connectivity index (χ1) is 13.3. The molecule has 0 saturated heterocycles. The van der Waals surface area contributed by atoms with Gasteiger partial charge < -0.3 is 15.2 Å². The lowest BCUT2D eigenvalue weighted by Crippen LogP contribution is -2.35. The normalized spacial score (nSPS) is 13.2. The second-order valence-electron chi connectivity index (χ2n) is 7.15. The van der Waals surface area contributed by atoms with E-state index < -0.39 is 16.1 Å². The minimum atomic E-state index is -3.70. The van der Waals surface area contributed by atoms with Crippen LogP contribution in [0.5, 0.6) is 5.75 Å². The van der Waals surface area contributed by atoms with Crippen LogP contribution in [0.2, 0.25) is 0 Å². The molecule has 0 amide bonds. The Balaban J connectivity index is 1.86. The number of benzene rings is 2. The zero-order valence-electron chi connectivity index (χ0n) is 16.3. The van der Waals surface area contributed by atoms with Gasteiger partial charge in [-0.25, -0.2) is 12.4 Å². The summed E-state index contributed by atoms with van der Waals surface area (Å²) in [4.78, 5) is 0.233. The Labute approximate surface area is 165 Å². The maximum absolute atomic E-state index is 13.0. The molecule has 0 saturated carbocycles. The Kier molecular flexibility index (Phi) is 6.07. The first kappa shape index (κ1) is 20.4. The van der Waals surface area contributed by atoms with Gasteiger partial charge in [-0.1, -0.05) is 37.6 Å². The Morgan fingerprint density at radius 2 is 1.82 bits per heavy atom. The average molecular weight is 403 g/mol. The molecular formula is C21H26N2O4S. The maximum Gasteiger partial charge on any atom is 0.268 e. The largest absolute Gasteiger partial charge is 0.490 e. The predicted molar refractivity (Wildman–Crippen MR) is 110 cm³/mol. The Bertz CT molecular complexity index is 1040. The summed E-state index contributed by atoms with van der Waals surface area (Å²) in [7, 11) is -3.70. The molecule has 2 N–H and O–H groups in total. The highest BCUT2D eigenvalue weighted by Crippen LogP contribution is 2.29. The van der Waals surface area contributed by atoms with E-state index in [1.165, 1.54) is 10.2 Å². The smallest absolute Gasteiger partial charge is 0.268 e. The van der Waals surface area contributed by atoms with Crippen LogP contribution in [0, 0.1) is 6.92 Å². The maximum atomic E-state index is 13.0. The van der Waals surface area contributed by atoms with E-state index in [4.69, 9.17) is 4.74 Å². The lowest BCUT2D eigenvalue weighted by molar-refractivity contribution is 0.105. The average Bonchev–Trinajstić information content (AvgIpc) is 3.10. The summed E-state index contributed by atoms with van der Waals surface area (Å²) in [6.45, 7) is 6.47. The highest BCUT2D eigenvalue weighted by atomic mass is 32.2. The van der Waals surface area contributed by atoms with Crippen LogP contribution < -0.4 is 10.1 Å². The summed E-state index contributed by atoms with van der Waals surface area (Å²) in [5.41, 5.74) is 1.53. The van der Waals surface area contributed by atoms with Gasteiger partial charge in [-0.05, 0) is 37.3 Å². The van der Waals surface area contributed by atoms with Gasteiger partial charge in [-0.3, -0.25) is 0 Å². The third kappa shape index (κ3) is 4.38. The number of hydrogen-bond donors (Lipinski definition) is 2. The quantitative estimate of drug-likeness (QED) is 0.606. The van der Waals surface area contributed by atoms with Crippen LogP contribution in [0.1, 0.15) is 19.4 Å². The first-order valence-electron chi connectivity index (χ1n) is 9.25. The second kappa shape index (κ2) is 8.34. The molecule has 0 spiro atoms. The Morgan fingerprint density at radius 3 is 2.50 bits per heavy atom. The molecule has 0 radical (unpaired) electrons. The molecule has 6 nitrogen and oxygen atoms in total. The third-order valence-corrected chi connectivity index (χ3v) is 6.13. The minimum absolute atomic E-state index is 0.120. The fourth-order valence-corrected chi connectivity index (χ4v) is 4.24. The highest BCUT2D eigenvalue weighted by molar-refractivity contribution is 7.90. The molecular weight excluding hydrogens is 376 g/mol. The molecule has 0 aliphatic rings. The van der Waals surface area contributed by atoms with Crippen LogP contribution in [0.4, 0.5) is 0 Å². The van der Waals surface area contributed by atoms with Crippen molar-refractivity contribution in [2.24, 2.45) is 0 Å². The molecule has 0 unspecified atom stereocenters. The van der Waals surface area contributed by atoms with Crippen molar-refractivity contribution in [3.8, 4) is 5.75 Å². The zero-order valence-corrected chi connectivity index (χ0v) is 17.1. The van der Waals surface area contributed by atoms with Crippen LogP contribution in [-0.2, 0) is 10.0 Å². The molecule has 150 valence electrons. The van der Waals surface area contributed by atoms with E-state index in [-0.39, 0.29) is 17.5 Å². The number of nitrogens with zero attached hydrogens (tertiary/aromatic N) is 1. The highest BCUT2D eigenvalue weighted by Gasteiger charge is 2.20. The molecule has 0 bridgehead atoms. The van der Waals surface area contributed by atoms with Crippen LogP contribution >= 0.6 is 0 Å². The van der Waals surface area contributed by atoms with E-state index in [1.54, 1.807) is 48.5 Å². The number of ether oxygens (including phenoxy) is 1. The summed E-state index contributed by atoms with van der Waals surface area (Å²) < 4.78 is 33.1. The van der Waals surface area contributed by atoms with Gasteiger partial charge in [-0.2, -0.15) is 0 Å². The van der Waals surface area contributed by atoms with Crippen LogP contribution in [0.15, 0.2) is 59.6 Å². The first-order valence-corrected chi connectivity index (χ1v) is 10.7. The van der Waals surface area contributed by atoms with Crippen molar-refractivity contribution in [2.75, 3.05) is 13.2 Å². The van der Waals surface area contributed by atoms with Crippen LogP contribution in [0.3, 0.4) is 0 Å². The SMILES string of the molecule is Cc1ccc(S(=O)(=O)n2ccc3c(OC[C@@H](O)CNC(C)C)cccc32)cc1. The number of rotatable bonds is 8. The molecule has 3 aromatic rings. The van der Waals surface area contributed by atoms with E-state index in [9.17, 15) is 13.5 Å². The van der Waals surface area contributed by atoms with Gasteiger partial charge >= 0.3 is 0 Å². The minimum Gasteiger partial charge on any atom is -0.490 e. The second-order valence-corrected chi connectivity index (χ2v) is 8.96. The van der Waals surface area contributed by atoms with Crippen LogP contribution in [-0.4, -0.2) is 42.8 Å². The number of nitrogens with one attached hydrogen (secondary N) is 1. The molecule has 0 aliphatic carbocycles. The number of fused-ring (bicyclic) bond motifs is 1. The van der Waals surface area contributed by atoms with Crippen molar-refractivity contribution in [2.45, 2.75) is 37.8 Å². The van der Waals surface area contributed by atoms with Crippen molar-refractivity contribution >= 4 is 20.9 Å². The van der Waals surface area contributed by atoms with E-state index in [0.717, 1.165) is 5.56 Å². The molecule has 0 aliphatic heterocycles. The van der Waals surface area contributed by atoms with Gasteiger partial charge in [0.15, 0.2) is 0 Å². The van der Waals surface area contributed by atoms with Gasteiger partial charge in [0, 0.05) is 24.2 Å². The molecule has 1 atom stereocenters. The number of aryl methyl sites for hydroxylation is 1. The molecule has 1 aromatic heterocycles. The Hall–Kier alpha value is -2.35. The fraction of sp³-hybridized carbons (Fsp3) is 0.333. The molecule has 3 rings (SSSR count). The number of aliphatic hydroxyl groups excluding tert-OH is 1. The molecule has 1 heterocycles. The van der Waals surface area contributed by atoms with Crippen molar-refractivity contribution < 1.29 is 18.3 Å². The van der Waals surface area contributed by atoms with Gasteiger partial charge in [0.05, 0.1) is 10.4 Å². The molecule has 2 aromatic carbocycles. The summed E-state index contributed by atoms with van der Waals surface area (Å²) >= 11 is 0. The zero-order chi connectivity index (χ0) is 20.3. The third-order valence-electron chi connectivity index (χ3n) is 4.43. The van der Waals surface area contributed by atoms with Gasteiger partial charge in [0.1, 0.15) is 18.5 Å². The standard InChI is InChI=1S/C21H26N2O4S/c1-15(2)22-13-17(24)14-27-21-6-4-5-20-19(21)11-12-23(20)28(25,26)18-9-7-16(3)8-10-18/h4-12,15,17,22,24H,13-14H2,1-3H3/t17-/m0/s1. The Morgan fingerprint density at radius 1 is 1.11 bits per heavy atom. The van der Waals surface area contributed by atoms with E-state index in [0.29, 0.717) is 23.2 Å². The number of hydrogen-bond acceptors (Lipinski definition) is 5. The monoisotopic (exact) mass is 402 g/mol. The lowest BCUT2D eigenvalue weighted by Gasteiger charge is -2.15. The summed E-state index contributed by atoms with van der Waals surface area (Å²) in [5.74, 6) is 0.541. The fourth-order valence-electron chi connectivity index (χ4n) is 2.89. The summed E-state index contributed by atoms with van der Waals surface area (Å²) in [5, 5.41) is 13.9. The van der Waals surface area contributed by atoms with Crippen molar-refractivity contribution in [1.29, 1.82) is 0 Å². The van der Waals surface area contributed by atoms with Gasteiger partial charge in [0.2, 0.25) is 0 Å². The molecule has 7 heteroatoms. The number of aliphatic hydroxyl groups is 1. The van der Waals surface area contributed by atoms with Crippen molar-refractivity contribution in [3.05, 3.63) is 60.3 Å². The lowest BCUT2D eigenvalue weighted by atomic mass is 10.2. The van der Waals surface area contributed by atoms with E-state index >= 15 is 0 Å². The topological polar surface area (TPSA) is 80.6 Å².